The van der Waals surface area contributed by atoms with Gasteiger partial charge in [0.1, 0.15) is 16.7 Å². The van der Waals surface area contributed by atoms with Gasteiger partial charge in [0.15, 0.2) is 5.69 Å². The number of ether oxygens (including phenoxy) is 1. The molecule has 0 aromatic carbocycles. The zero-order valence-corrected chi connectivity index (χ0v) is 17.2. The number of hydrogen-bond acceptors (Lipinski definition) is 6. The van der Waals surface area contributed by atoms with E-state index in [0.29, 0.717) is 25.6 Å². The van der Waals surface area contributed by atoms with E-state index in [2.05, 4.69) is 17.2 Å². The number of carbonyl (C=O) groups excluding carboxylic acids is 1. The van der Waals surface area contributed by atoms with E-state index in [4.69, 9.17) is 21.6 Å². The predicted molar refractivity (Wildman–Crippen MR) is 103 cm³/mol. The summed E-state index contributed by atoms with van der Waals surface area (Å²) < 4.78 is 6.64. The quantitative estimate of drug-likeness (QED) is 0.843. The lowest BCUT2D eigenvalue weighted by atomic mass is 9.80. The van der Waals surface area contributed by atoms with Gasteiger partial charge in [-0.1, -0.05) is 18.5 Å². The summed E-state index contributed by atoms with van der Waals surface area (Å²) in [5.41, 5.74) is -1.11. The predicted octanol–water partition coefficient (Wildman–Crippen LogP) is 2.44. The molecule has 2 rings (SSSR count). The molecular formula is C18H26ClN5O3. The van der Waals surface area contributed by atoms with Gasteiger partial charge in [-0.15, -0.1) is 0 Å². The highest BCUT2D eigenvalue weighted by atomic mass is 35.5. The minimum Gasteiger partial charge on any atom is -0.444 e. The third kappa shape index (κ3) is 5.13. The van der Waals surface area contributed by atoms with Gasteiger partial charge < -0.3 is 15.0 Å². The van der Waals surface area contributed by atoms with Crippen molar-refractivity contribution in [3.63, 3.8) is 0 Å². The number of rotatable bonds is 3. The van der Waals surface area contributed by atoms with Crippen LogP contribution in [0.5, 0.6) is 0 Å². The molecule has 1 amide bonds. The SMILES string of the molecule is Cn1c(N2CCC(C)(CNC(=O)OC(C)(C)C)CC2)nc(C#N)c(Cl)c1=O. The van der Waals surface area contributed by atoms with E-state index in [9.17, 15) is 9.59 Å². The molecule has 8 nitrogen and oxygen atoms in total. The Kier molecular flexibility index (Phi) is 6.05. The van der Waals surface area contributed by atoms with Crippen LogP contribution in [-0.4, -0.2) is 40.9 Å². The highest BCUT2D eigenvalue weighted by Crippen LogP contribution is 2.32. The number of amides is 1. The van der Waals surface area contributed by atoms with Crippen LogP contribution in [0.1, 0.15) is 46.2 Å². The van der Waals surface area contributed by atoms with E-state index < -0.39 is 17.3 Å². The number of nitriles is 1. The summed E-state index contributed by atoms with van der Waals surface area (Å²) >= 11 is 5.88. The maximum absolute atomic E-state index is 12.2. The fourth-order valence-electron chi connectivity index (χ4n) is 2.94. The molecule has 0 saturated carbocycles. The molecule has 0 unspecified atom stereocenters. The summed E-state index contributed by atoms with van der Waals surface area (Å²) in [5, 5.41) is 11.8. The van der Waals surface area contributed by atoms with Crippen LogP contribution in [0.25, 0.3) is 0 Å². The second-order valence-corrected chi connectivity index (χ2v) is 8.58. The number of piperidine rings is 1. The van der Waals surface area contributed by atoms with Crippen molar-refractivity contribution < 1.29 is 9.53 Å². The number of carbonyl (C=O) groups is 1. The monoisotopic (exact) mass is 395 g/mol. The molecule has 2 heterocycles. The number of nitrogens with zero attached hydrogens (tertiary/aromatic N) is 4. The Bertz CT molecular complexity index is 814. The normalized spacial score (nSPS) is 16.6. The van der Waals surface area contributed by atoms with Gasteiger partial charge in [-0.2, -0.15) is 5.26 Å². The van der Waals surface area contributed by atoms with E-state index in [1.807, 2.05) is 31.7 Å². The molecule has 0 aliphatic carbocycles. The molecule has 1 aromatic heterocycles. The fraction of sp³-hybridized carbons (Fsp3) is 0.667. The van der Waals surface area contributed by atoms with Crippen molar-refractivity contribution in [3.05, 3.63) is 21.1 Å². The number of hydrogen-bond donors (Lipinski definition) is 1. The first-order valence-electron chi connectivity index (χ1n) is 8.84. The second-order valence-electron chi connectivity index (χ2n) is 8.20. The molecule has 1 aliphatic rings. The largest absolute Gasteiger partial charge is 0.444 e. The minimum absolute atomic E-state index is 0.0605. The number of anilines is 1. The average molecular weight is 396 g/mol. The molecule has 1 aliphatic heterocycles. The number of aromatic nitrogens is 2. The fourth-order valence-corrected chi connectivity index (χ4v) is 3.15. The van der Waals surface area contributed by atoms with Crippen LogP contribution in [0.2, 0.25) is 5.02 Å². The number of nitrogens with one attached hydrogen (secondary N) is 1. The van der Waals surface area contributed by atoms with Gasteiger partial charge >= 0.3 is 6.09 Å². The van der Waals surface area contributed by atoms with Crippen molar-refractivity contribution in [2.75, 3.05) is 24.5 Å². The third-order valence-corrected chi connectivity index (χ3v) is 4.97. The summed E-state index contributed by atoms with van der Waals surface area (Å²) in [7, 11) is 1.59. The Balaban J connectivity index is 2.03. The molecule has 0 atom stereocenters. The molecule has 1 aromatic rings. The Morgan fingerprint density at radius 3 is 2.52 bits per heavy atom. The molecule has 27 heavy (non-hydrogen) atoms. The van der Waals surface area contributed by atoms with E-state index in [-0.39, 0.29) is 16.1 Å². The Hall–Kier alpha value is -2.27. The van der Waals surface area contributed by atoms with E-state index >= 15 is 0 Å². The van der Waals surface area contributed by atoms with Crippen molar-refractivity contribution in [2.24, 2.45) is 12.5 Å². The maximum atomic E-state index is 12.2. The number of alkyl carbamates (subject to hydrolysis) is 1. The first-order chi connectivity index (χ1) is 12.5. The maximum Gasteiger partial charge on any atom is 0.407 e. The van der Waals surface area contributed by atoms with Gasteiger partial charge in [0.05, 0.1) is 0 Å². The van der Waals surface area contributed by atoms with Gasteiger partial charge in [-0.25, -0.2) is 9.78 Å². The molecule has 1 saturated heterocycles. The smallest absolute Gasteiger partial charge is 0.407 e. The topological polar surface area (TPSA) is 100 Å². The molecule has 148 valence electrons. The Morgan fingerprint density at radius 1 is 1.41 bits per heavy atom. The molecule has 1 N–H and O–H groups in total. The van der Waals surface area contributed by atoms with Crippen LogP contribution in [0, 0.1) is 16.7 Å². The van der Waals surface area contributed by atoms with E-state index in [1.54, 1.807) is 7.05 Å². The first kappa shape index (κ1) is 21.0. The summed E-state index contributed by atoms with van der Waals surface area (Å²) in [6, 6.07) is 1.87. The molecular weight excluding hydrogens is 370 g/mol. The summed E-state index contributed by atoms with van der Waals surface area (Å²) in [4.78, 5) is 30.3. The summed E-state index contributed by atoms with van der Waals surface area (Å²) in [6.45, 7) is 9.39. The zero-order valence-electron chi connectivity index (χ0n) is 16.4. The van der Waals surface area contributed by atoms with Crippen LogP contribution >= 0.6 is 11.6 Å². The highest BCUT2D eigenvalue weighted by molar-refractivity contribution is 6.31. The van der Waals surface area contributed by atoms with Gasteiger partial charge in [-0.05, 0) is 39.0 Å². The lowest BCUT2D eigenvalue weighted by molar-refractivity contribution is 0.0495. The van der Waals surface area contributed by atoms with Crippen molar-refractivity contribution in [1.82, 2.24) is 14.9 Å². The molecule has 0 radical (unpaired) electrons. The Labute approximate surface area is 164 Å². The summed E-state index contributed by atoms with van der Waals surface area (Å²) in [5.74, 6) is 0.433. The van der Waals surface area contributed by atoms with Crippen molar-refractivity contribution >= 4 is 23.6 Å². The van der Waals surface area contributed by atoms with Crippen LogP contribution in [0.3, 0.4) is 0 Å². The molecule has 0 bridgehead atoms. The van der Waals surface area contributed by atoms with Gasteiger partial charge in [0.25, 0.3) is 5.56 Å². The molecule has 0 spiro atoms. The molecule has 1 fully saturated rings. The van der Waals surface area contributed by atoms with Crippen LogP contribution < -0.4 is 15.8 Å². The highest BCUT2D eigenvalue weighted by Gasteiger charge is 2.32. The average Bonchev–Trinajstić information content (AvgIpc) is 2.58. The van der Waals surface area contributed by atoms with E-state index in [0.717, 1.165) is 12.8 Å². The summed E-state index contributed by atoms with van der Waals surface area (Å²) in [6.07, 6.45) is 1.17. The van der Waals surface area contributed by atoms with Crippen molar-refractivity contribution in [2.45, 2.75) is 46.1 Å². The van der Waals surface area contributed by atoms with E-state index in [1.165, 1.54) is 4.57 Å². The third-order valence-electron chi connectivity index (χ3n) is 4.63. The van der Waals surface area contributed by atoms with Gasteiger partial charge in [-0.3, -0.25) is 9.36 Å². The number of halogens is 1. The van der Waals surface area contributed by atoms with Crippen LogP contribution in [0.4, 0.5) is 10.7 Å². The van der Waals surface area contributed by atoms with Gasteiger partial charge in [0.2, 0.25) is 5.95 Å². The van der Waals surface area contributed by atoms with Gasteiger partial charge in [0, 0.05) is 26.7 Å². The van der Waals surface area contributed by atoms with Crippen molar-refractivity contribution in [1.29, 1.82) is 5.26 Å². The molecule has 9 heteroatoms. The Morgan fingerprint density at radius 2 is 2.00 bits per heavy atom. The second kappa shape index (κ2) is 7.77. The van der Waals surface area contributed by atoms with Crippen molar-refractivity contribution in [3.8, 4) is 6.07 Å². The first-order valence-corrected chi connectivity index (χ1v) is 9.22. The zero-order chi connectivity index (χ0) is 20.4. The standard InChI is InChI=1S/C18H26ClN5O3/c1-17(2,3)27-16(26)21-11-18(4)6-8-24(9-7-18)15-22-12(10-20)13(19)14(25)23(15)5/h6-9,11H2,1-5H3,(H,21,26). The van der Waals surface area contributed by atoms with Crippen LogP contribution in [0.15, 0.2) is 4.79 Å². The minimum atomic E-state index is -0.530. The van der Waals surface area contributed by atoms with Crippen LogP contribution in [-0.2, 0) is 11.8 Å². The lowest BCUT2D eigenvalue weighted by Gasteiger charge is -2.40. The lowest BCUT2D eigenvalue weighted by Crippen LogP contribution is -2.47.